The summed E-state index contributed by atoms with van der Waals surface area (Å²) in [5, 5.41) is 8.70. The quantitative estimate of drug-likeness (QED) is 0.804. The van der Waals surface area contributed by atoms with Crippen molar-refractivity contribution in [2.45, 2.75) is 37.0 Å². The third-order valence-corrected chi connectivity index (χ3v) is 5.96. The first-order chi connectivity index (χ1) is 9.91. The maximum absolute atomic E-state index is 12.3. The van der Waals surface area contributed by atoms with Crippen LogP contribution in [0.2, 0.25) is 0 Å². The SMILES string of the molecule is O=C(O)Cc1ccc(S(=O)(=O)NCC2(C3CC3)CC2)cc1. The summed E-state index contributed by atoms with van der Waals surface area (Å²) >= 11 is 0. The molecule has 0 aliphatic heterocycles. The molecule has 2 saturated carbocycles. The average molecular weight is 309 g/mol. The standard InChI is InChI=1S/C15H19NO4S/c17-14(18)9-11-1-5-13(6-2-11)21(19,20)16-10-15(7-8-15)12-3-4-12/h1-2,5-6,12,16H,3-4,7-10H2,(H,17,18). The van der Waals surface area contributed by atoms with Gasteiger partial charge in [-0.25, -0.2) is 13.1 Å². The molecule has 1 aromatic carbocycles. The van der Waals surface area contributed by atoms with Gasteiger partial charge in [-0.3, -0.25) is 4.79 Å². The van der Waals surface area contributed by atoms with Gasteiger partial charge in [0, 0.05) is 6.54 Å². The molecule has 2 fully saturated rings. The van der Waals surface area contributed by atoms with E-state index in [1.54, 1.807) is 12.1 Å². The van der Waals surface area contributed by atoms with Crippen LogP contribution in [0.4, 0.5) is 0 Å². The summed E-state index contributed by atoms with van der Waals surface area (Å²) < 4.78 is 27.2. The Bertz CT molecular complexity index is 643. The highest BCUT2D eigenvalue weighted by Gasteiger charge is 2.53. The highest BCUT2D eigenvalue weighted by Crippen LogP contribution is 2.60. The molecule has 0 atom stereocenters. The average Bonchev–Trinajstić information content (AvgIpc) is 3.28. The van der Waals surface area contributed by atoms with Gasteiger partial charge in [-0.1, -0.05) is 12.1 Å². The lowest BCUT2D eigenvalue weighted by Gasteiger charge is -2.15. The zero-order valence-electron chi connectivity index (χ0n) is 11.7. The molecule has 0 spiro atoms. The van der Waals surface area contributed by atoms with Gasteiger partial charge in [-0.05, 0) is 54.7 Å². The topological polar surface area (TPSA) is 83.5 Å². The number of rotatable bonds is 7. The third kappa shape index (κ3) is 3.27. The van der Waals surface area contributed by atoms with Crippen LogP contribution in [0.3, 0.4) is 0 Å². The van der Waals surface area contributed by atoms with Gasteiger partial charge < -0.3 is 5.11 Å². The second-order valence-electron chi connectivity index (χ2n) is 6.18. The molecule has 0 saturated heterocycles. The zero-order valence-corrected chi connectivity index (χ0v) is 12.5. The molecule has 0 aromatic heterocycles. The molecule has 0 bridgehead atoms. The van der Waals surface area contributed by atoms with Crippen LogP contribution in [0.5, 0.6) is 0 Å². The number of benzene rings is 1. The van der Waals surface area contributed by atoms with E-state index in [-0.39, 0.29) is 16.7 Å². The van der Waals surface area contributed by atoms with Gasteiger partial charge in [0.15, 0.2) is 0 Å². The number of nitrogens with one attached hydrogen (secondary N) is 1. The predicted molar refractivity (Wildman–Crippen MR) is 77.4 cm³/mol. The lowest BCUT2D eigenvalue weighted by molar-refractivity contribution is -0.136. The summed E-state index contributed by atoms with van der Waals surface area (Å²) in [5.41, 5.74) is 0.814. The summed E-state index contributed by atoms with van der Waals surface area (Å²) in [6.07, 6.45) is 4.60. The van der Waals surface area contributed by atoms with Crippen LogP contribution in [0.15, 0.2) is 29.2 Å². The molecule has 1 aromatic rings. The van der Waals surface area contributed by atoms with Gasteiger partial charge in [0.05, 0.1) is 11.3 Å². The number of carbonyl (C=O) groups is 1. The van der Waals surface area contributed by atoms with Crippen LogP contribution in [-0.2, 0) is 21.2 Å². The maximum atomic E-state index is 12.3. The summed E-state index contributed by atoms with van der Waals surface area (Å²) in [6, 6.07) is 6.04. The monoisotopic (exact) mass is 309 g/mol. The van der Waals surface area contributed by atoms with E-state index >= 15 is 0 Å². The van der Waals surface area contributed by atoms with E-state index in [2.05, 4.69) is 4.72 Å². The van der Waals surface area contributed by atoms with Gasteiger partial charge in [0.25, 0.3) is 0 Å². The molecule has 21 heavy (non-hydrogen) atoms. The largest absolute Gasteiger partial charge is 0.481 e. The van der Waals surface area contributed by atoms with Gasteiger partial charge in [-0.2, -0.15) is 0 Å². The predicted octanol–water partition coefficient (Wildman–Crippen LogP) is 1.78. The Morgan fingerprint density at radius 2 is 1.86 bits per heavy atom. The summed E-state index contributed by atoms with van der Waals surface area (Å²) in [5.74, 6) is -0.220. The Morgan fingerprint density at radius 1 is 1.24 bits per heavy atom. The Balaban J connectivity index is 1.65. The number of hydrogen-bond acceptors (Lipinski definition) is 3. The third-order valence-electron chi connectivity index (χ3n) is 4.54. The smallest absolute Gasteiger partial charge is 0.307 e. The molecule has 2 aliphatic carbocycles. The van der Waals surface area contributed by atoms with Crippen LogP contribution in [-0.4, -0.2) is 26.0 Å². The number of carboxylic acids is 1. The molecule has 2 N–H and O–H groups in total. The minimum Gasteiger partial charge on any atom is -0.481 e. The molecule has 114 valence electrons. The van der Waals surface area contributed by atoms with E-state index in [1.807, 2.05) is 0 Å². The Labute approximate surface area is 124 Å². The Morgan fingerprint density at radius 3 is 2.33 bits per heavy atom. The molecule has 0 radical (unpaired) electrons. The first-order valence-electron chi connectivity index (χ1n) is 7.22. The van der Waals surface area contributed by atoms with Crippen LogP contribution < -0.4 is 4.72 Å². The van der Waals surface area contributed by atoms with Crippen molar-refractivity contribution in [3.05, 3.63) is 29.8 Å². The van der Waals surface area contributed by atoms with Gasteiger partial charge in [0.1, 0.15) is 0 Å². The minimum atomic E-state index is -3.50. The van der Waals surface area contributed by atoms with E-state index in [0.29, 0.717) is 18.0 Å². The molecular formula is C15H19NO4S. The van der Waals surface area contributed by atoms with Crippen molar-refractivity contribution in [1.82, 2.24) is 4.72 Å². The Kier molecular flexibility index (Phi) is 3.53. The van der Waals surface area contributed by atoms with E-state index in [0.717, 1.165) is 12.8 Å². The first-order valence-corrected chi connectivity index (χ1v) is 8.70. The van der Waals surface area contributed by atoms with Crippen molar-refractivity contribution < 1.29 is 18.3 Å². The van der Waals surface area contributed by atoms with Crippen molar-refractivity contribution in [3.8, 4) is 0 Å². The van der Waals surface area contributed by atoms with Crippen LogP contribution in [0, 0.1) is 11.3 Å². The lowest BCUT2D eigenvalue weighted by Crippen LogP contribution is -2.31. The number of sulfonamides is 1. The Hall–Kier alpha value is -1.40. The van der Waals surface area contributed by atoms with E-state index in [9.17, 15) is 13.2 Å². The minimum absolute atomic E-state index is 0.0987. The molecule has 6 heteroatoms. The number of hydrogen-bond donors (Lipinski definition) is 2. The molecule has 0 unspecified atom stereocenters. The highest BCUT2D eigenvalue weighted by atomic mass is 32.2. The van der Waals surface area contributed by atoms with E-state index < -0.39 is 16.0 Å². The fourth-order valence-corrected chi connectivity index (χ4v) is 4.01. The zero-order chi connectivity index (χ0) is 15.1. The maximum Gasteiger partial charge on any atom is 0.307 e. The van der Waals surface area contributed by atoms with Crippen molar-refractivity contribution >= 4 is 16.0 Å². The van der Waals surface area contributed by atoms with Crippen molar-refractivity contribution in [1.29, 1.82) is 0 Å². The van der Waals surface area contributed by atoms with Crippen molar-refractivity contribution in [2.24, 2.45) is 11.3 Å². The summed E-state index contributed by atoms with van der Waals surface area (Å²) in [7, 11) is -3.50. The van der Waals surface area contributed by atoms with Crippen molar-refractivity contribution in [2.75, 3.05) is 6.54 Å². The molecule has 0 amide bonds. The van der Waals surface area contributed by atoms with Crippen LogP contribution in [0.25, 0.3) is 0 Å². The number of aliphatic carboxylic acids is 1. The fraction of sp³-hybridized carbons (Fsp3) is 0.533. The summed E-state index contributed by atoms with van der Waals surface area (Å²) in [4.78, 5) is 10.8. The van der Waals surface area contributed by atoms with Gasteiger partial charge in [0.2, 0.25) is 10.0 Å². The first kappa shape index (κ1) is 14.5. The molecule has 3 rings (SSSR count). The van der Waals surface area contributed by atoms with Gasteiger partial charge >= 0.3 is 5.97 Å². The van der Waals surface area contributed by atoms with E-state index in [1.165, 1.54) is 25.0 Å². The second kappa shape index (κ2) is 5.10. The molecule has 0 heterocycles. The molecule has 2 aliphatic rings. The second-order valence-corrected chi connectivity index (χ2v) is 7.94. The fourth-order valence-electron chi connectivity index (χ4n) is 2.87. The summed E-state index contributed by atoms with van der Waals surface area (Å²) in [6.45, 7) is 0.525. The lowest BCUT2D eigenvalue weighted by atomic mass is 10.0. The molecule has 5 nitrogen and oxygen atoms in total. The normalized spacial score (nSPS) is 20.2. The van der Waals surface area contributed by atoms with Crippen LogP contribution in [0.1, 0.15) is 31.2 Å². The van der Waals surface area contributed by atoms with Gasteiger partial charge in [-0.15, -0.1) is 0 Å². The number of carboxylic acid groups (broad SMARTS) is 1. The van der Waals surface area contributed by atoms with Crippen molar-refractivity contribution in [3.63, 3.8) is 0 Å². The highest BCUT2D eigenvalue weighted by molar-refractivity contribution is 7.89. The van der Waals surface area contributed by atoms with E-state index in [4.69, 9.17) is 5.11 Å². The van der Waals surface area contributed by atoms with Crippen LogP contribution >= 0.6 is 0 Å². The molecular weight excluding hydrogens is 290 g/mol.